The predicted octanol–water partition coefficient (Wildman–Crippen LogP) is 4.42. The zero-order chi connectivity index (χ0) is 9.84. The van der Waals surface area contributed by atoms with Gasteiger partial charge in [-0.05, 0) is 37.0 Å². The van der Waals surface area contributed by atoms with Crippen molar-refractivity contribution in [1.29, 1.82) is 0 Å². The number of allylic oxidation sites excluding steroid dienone is 1. The first-order chi connectivity index (χ1) is 6.09. The van der Waals surface area contributed by atoms with E-state index < -0.39 is 0 Å². The van der Waals surface area contributed by atoms with Gasteiger partial charge in [-0.3, -0.25) is 0 Å². The van der Waals surface area contributed by atoms with Crippen LogP contribution in [0.25, 0.3) is 0 Å². The fourth-order valence-electron chi connectivity index (χ4n) is 2.14. The van der Waals surface area contributed by atoms with Gasteiger partial charge in [-0.15, -0.1) is 0 Å². The summed E-state index contributed by atoms with van der Waals surface area (Å²) in [6.45, 7) is 11.1. The van der Waals surface area contributed by atoms with Crippen molar-refractivity contribution < 1.29 is 0 Å². The molecule has 0 aliphatic heterocycles. The summed E-state index contributed by atoms with van der Waals surface area (Å²) in [5.74, 6) is 2.61. The van der Waals surface area contributed by atoms with Crippen molar-refractivity contribution in [3.8, 4) is 0 Å². The van der Waals surface area contributed by atoms with E-state index in [1.165, 1.54) is 37.7 Å². The molecule has 1 fully saturated rings. The molecule has 1 saturated carbocycles. The second-order valence-electron chi connectivity index (χ2n) is 5.14. The third-order valence-corrected chi connectivity index (χ3v) is 3.50. The summed E-state index contributed by atoms with van der Waals surface area (Å²) >= 11 is 0. The SMILES string of the molecule is C=C(CC1CCC(C)CC1)C(C)C. The molecule has 0 aromatic rings. The maximum Gasteiger partial charge on any atom is -0.0263 e. The molecule has 0 saturated heterocycles. The average molecular weight is 180 g/mol. The molecule has 0 spiro atoms. The second-order valence-corrected chi connectivity index (χ2v) is 5.14. The van der Waals surface area contributed by atoms with Gasteiger partial charge in [-0.2, -0.15) is 0 Å². The number of hydrogen-bond acceptors (Lipinski definition) is 0. The smallest absolute Gasteiger partial charge is 0.0263 e. The van der Waals surface area contributed by atoms with Crippen LogP contribution in [0, 0.1) is 17.8 Å². The molecule has 0 bridgehead atoms. The first-order valence-corrected chi connectivity index (χ1v) is 5.77. The van der Waals surface area contributed by atoms with E-state index in [9.17, 15) is 0 Å². The topological polar surface area (TPSA) is 0 Å². The third kappa shape index (κ3) is 3.54. The zero-order valence-corrected chi connectivity index (χ0v) is 9.47. The van der Waals surface area contributed by atoms with E-state index in [0.717, 1.165) is 11.8 Å². The molecule has 0 heteroatoms. The van der Waals surface area contributed by atoms with E-state index in [1.54, 1.807) is 0 Å². The standard InChI is InChI=1S/C13H24/c1-10(2)12(4)9-13-7-5-11(3)6-8-13/h10-11,13H,4-9H2,1-3H3. The first-order valence-electron chi connectivity index (χ1n) is 5.77. The maximum absolute atomic E-state index is 4.17. The summed E-state index contributed by atoms with van der Waals surface area (Å²) in [6, 6.07) is 0. The molecule has 0 atom stereocenters. The normalized spacial score (nSPS) is 29.2. The second kappa shape index (κ2) is 4.83. The molecule has 0 aromatic carbocycles. The molecule has 1 aliphatic rings. The Bertz CT molecular complexity index is 159. The highest BCUT2D eigenvalue weighted by molar-refractivity contribution is 4.99. The quantitative estimate of drug-likeness (QED) is 0.564. The van der Waals surface area contributed by atoms with Gasteiger partial charge in [0.25, 0.3) is 0 Å². The molecule has 1 aliphatic carbocycles. The van der Waals surface area contributed by atoms with Crippen molar-refractivity contribution in [2.24, 2.45) is 17.8 Å². The van der Waals surface area contributed by atoms with Gasteiger partial charge in [0, 0.05) is 0 Å². The van der Waals surface area contributed by atoms with Crippen molar-refractivity contribution in [1.82, 2.24) is 0 Å². The lowest BCUT2D eigenvalue weighted by molar-refractivity contribution is 0.285. The number of rotatable bonds is 3. The maximum atomic E-state index is 4.17. The van der Waals surface area contributed by atoms with Crippen LogP contribution in [0.4, 0.5) is 0 Å². The highest BCUT2D eigenvalue weighted by Crippen LogP contribution is 2.33. The molecule has 13 heavy (non-hydrogen) atoms. The molecule has 0 nitrogen and oxygen atoms in total. The van der Waals surface area contributed by atoms with Gasteiger partial charge < -0.3 is 0 Å². The summed E-state index contributed by atoms with van der Waals surface area (Å²) in [6.07, 6.45) is 7.04. The lowest BCUT2D eigenvalue weighted by Gasteiger charge is -2.27. The highest BCUT2D eigenvalue weighted by Gasteiger charge is 2.19. The van der Waals surface area contributed by atoms with Crippen LogP contribution in [0.3, 0.4) is 0 Å². The summed E-state index contributed by atoms with van der Waals surface area (Å²) in [4.78, 5) is 0. The van der Waals surface area contributed by atoms with Gasteiger partial charge in [0.1, 0.15) is 0 Å². The van der Waals surface area contributed by atoms with Crippen LogP contribution in [0.2, 0.25) is 0 Å². The Morgan fingerprint density at radius 1 is 1.23 bits per heavy atom. The Balaban J connectivity index is 2.26. The molecule has 0 unspecified atom stereocenters. The van der Waals surface area contributed by atoms with Crippen molar-refractivity contribution >= 4 is 0 Å². The number of hydrogen-bond donors (Lipinski definition) is 0. The van der Waals surface area contributed by atoms with Gasteiger partial charge in [-0.1, -0.05) is 45.8 Å². The molecular formula is C13H24. The van der Waals surface area contributed by atoms with Crippen molar-refractivity contribution in [3.63, 3.8) is 0 Å². The summed E-state index contributed by atoms with van der Waals surface area (Å²) in [5, 5.41) is 0. The monoisotopic (exact) mass is 180 g/mol. The minimum absolute atomic E-state index is 0.680. The van der Waals surface area contributed by atoms with E-state index in [1.807, 2.05) is 0 Å². The zero-order valence-electron chi connectivity index (χ0n) is 9.47. The van der Waals surface area contributed by atoms with Crippen LogP contribution >= 0.6 is 0 Å². The molecular weight excluding hydrogens is 156 g/mol. The van der Waals surface area contributed by atoms with E-state index in [4.69, 9.17) is 0 Å². The molecule has 0 amide bonds. The van der Waals surface area contributed by atoms with Crippen molar-refractivity contribution in [2.45, 2.75) is 52.9 Å². The minimum atomic E-state index is 0.680. The fraction of sp³-hybridized carbons (Fsp3) is 0.846. The lowest BCUT2D eigenvalue weighted by atomic mass is 9.79. The van der Waals surface area contributed by atoms with Crippen LogP contribution in [-0.4, -0.2) is 0 Å². The summed E-state index contributed by atoms with van der Waals surface area (Å²) in [7, 11) is 0. The van der Waals surface area contributed by atoms with Crippen molar-refractivity contribution in [2.75, 3.05) is 0 Å². The van der Waals surface area contributed by atoms with E-state index in [-0.39, 0.29) is 0 Å². The van der Waals surface area contributed by atoms with Gasteiger partial charge in [-0.25, -0.2) is 0 Å². The van der Waals surface area contributed by atoms with E-state index in [2.05, 4.69) is 27.4 Å². The largest absolute Gasteiger partial charge is 0.0996 e. The van der Waals surface area contributed by atoms with Gasteiger partial charge in [0.2, 0.25) is 0 Å². The minimum Gasteiger partial charge on any atom is -0.0996 e. The van der Waals surface area contributed by atoms with Crippen molar-refractivity contribution in [3.05, 3.63) is 12.2 Å². The Kier molecular flexibility index (Phi) is 4.02. The van der Waals surface area contributed by atoms with Crippen LogP contribution in [0.5, 0.6) is 0 Å². The van der Waals surface area contributed by atoms with Crippen LogP contribution in [0.15, 0.2) is 12.2 Å². The Hall–Kier alpha value is -0.260. The van der Waals surface area contributed by atoms with Crippen LogP contribution in [-0.2, 0) is 0 Å². The van der Waals surface area contributed by atoms with Gasteiger partial charge in [0.15, 0.2) is 0 Å². The Labute approximate surface area is 83.4 Å². The Morgan fingerprint density at radius 2 is 1.77 bits per heavy atom. The first kappa shape index (κ1) is 10.8. The molecule has 1 rings (SSSR count). The van der Waals surface area contributed by atoms with Gasteiger partial charge >= 0.3 is 0 Å². The van der Waals surface area contributed by atoms with Crippen LogP contribution in [0.1, 0.15) is 52.9 Å². The summed E-state index contributed by atoms with van der Waals surface area (Å²) in [5.41, 5.74) is 1.46. The highest BCUT2D eigenvalue weighted by atomic mass is 14.2. The van der Waals surface area contributed by atoms with E-state index in [0.29, 0.717) is 5.92 Å². The van der Waals surface area contributed by atoms with E-state index >= 15 is 0 Å². The van der Waals surface area contributed by atoms with Gasteiger partial charge in [0.05, 0.1) is 0 Å². The fourth-order valence-corrected chi connectivity index (χ4v) is 2.14. The molecule has 0 radical (unpaired) electrons. The average Bonchev–Trinajstić information content (AvgIpc) is 2.08. The third-order valence-electron chi connectivity index (χ3n) is 3.50. The molecule has 0 heterocycles. The lowest BCUT2D eigenvalue weighted by Crippen LogP contribution is -2.13. The molecule has 0 aromatic heterocycles. The molecule has 76 valence electrons. The predicted molar refractivity (Wildman–Crippen MR) is 59.7 cm³/mol. The molecule has 0 N–H and O–H groups in total. The van der Waals surface area contributed by atoms with Crippen LogP contribution < -0.4 is 0 Å². The summed E-state index contributed by atoms with van der Waals surface area (Å²) < 4.78 is 0. The Morgan fingerprint density at radius 3 is 2.23 bits per heavy atom.